The van der Waals surface area contributed by atoms with Crippen molar-refractivity contribution >= 4 is 21.5 Å². The van der Waals surface area contributed by atoms with Gasteiger partial charge < -0.3 is 0 Å². The third-order valence-corrected chi connectivity index (χ3v) is 9.08. The lowest BCUT2D eigenvalue weighted by Gasteiger charge is -2.11. The van der Waals surface area contributed by atoms with Crippen LogP contribution < -0.4 is 0 Å². The Balaban J connectivity index is 1.07. The smallest absolute Gasteiger partial charge is 0.164 e. The number of hydrogen-bond donors (Lipinski definition) is 0. The molecule has 0 amide bonds. The van der Waals surface area contributed by atoms with Crippen molar-refractivity contribution in [3.63, 3.8) is 0 Å². The van der Waals surface area contributed by atoms with Crippen LogP contribution in [0.15, 0.2) is 176 Å². The third-order valence-electron chi connectivity index (χ3n) is 9.08. The first-order chi connectivity index (χ1) is 24.7. The fourth-order valence-corrected chi connectivity index (χ4v) is 6.44. The summed E-state index contributed by atoms with van der Waals surface area (Å²) in [5.41, 5.74) is 9.34. The van der Waals surface area contributed by atoms with Gasteiger partial charge in [-0.15, -0.1) is 0 Å². The van der Waals surface area contributed by atoms with Gasteiger partial charge in [-0.1, -0.05) is 127 Å². The highest BCUT2D eigenvalue weighted by Crippen LogP contribution is 2.33. The molecule has 0 aliphatic rings. The van der Waals surface area contributed by atoms with Crippen LogP contribution in [0.1, 0.15) is 0 Å². The first kappa shape index (κ1) is 29.3. The fourth-order valence-electron chi connectivity index (χ4n) is 6.44. The Morgan fingerprint density at radius 3 is 1.40 bits per heavy atom. The van der Waals surface area contributed by atoms with Crippen molar-refractivity contribution in [1.29, 1.82) is 0 Å². The van der Waals surface area contributed by atoms with Gasteiger partial charge in [0.2, 0.25) is 0 Å². The van der Waals surface area contributed by atoms with Crippen molar-refractivity contribution in [2.24, 2.45) is 0 Å². The van der Waals surface area contributed by atoms with Crippen LogP contribution in [0.5, 0.6) is 0 Å². The topological polar surface area (TPSA) is 64.5 Å². The fraction of sp³-hybridized carbons (Fsp3) is 0. The molecule has 0 aliphatic heterocycles. The van der Waals surface area contributed by atoms with Crippen LogP contribution in [0.2, 0.25) is 0 Å². The lowest BCUT2D eigenvalue weighted by molar-refractivity contribution is 1.07. The average molecular weight is 640 g/mol. The summed E-state index contributed by atoms with van der Waals surface area (Å²) < 4.78 is 0. The van der Waals surface area contributed by atoms with E-state index >= 15 is 0 Å². The molecule has 5 nitrogen and oxygen atoms in total. The molecule has 9 aromatic rings. The second-order valence-electron chi connectivity index (χ2n) is 12.2. The van der Waals surface area contributed by atoms with E-state index in [1.165, 1.54) is 16.3 Å². The molecule has 0 saturated heterocycles. The minimum Gasteiger partial charge on any atom is -0.265 e. The van der Waals surface area contributed by atoms with Crippen molar-refractivity contribution in [2.45, 2.75) is 0 Å². The lowest BCUT2D eigenvalue weighted by atomic mass is 9.97. The SMILES string of the molecule is c1ccc(-c2ccc(-c3nc(-c4ccccc4)nc(-c4ccc5c(ccc6cc(-c7ccc(-c8ccncc8)cn7)ccc65)c4)n3)cc2)cc1. The summed E-state index contributed by atoms with van der Waals surface area (Å²) in [5.74, 6) is 1.92. The highest BCUT2D eigenvalue weighted by Gasteiger charge is 2.14. The molecule has 0 N–H and O–H groups in total. The van der Waals surface area contributed by atoms with E-state index in [0.717, 1.165) is 55.4 Å². The van der Waals surface area contributed by atoms with Gasteiger partial charge in [-0.2, -0.15) is 0 Å². The number of benzene rings is 6. The number of rotatable bonds is 6. The van der Waals surface area contributed by atoms with E-state index in [1.54, 1.807) is 12.4 Å². The van der Waals surface area contributed by atoms with Crippen molar-refractivity contribution < 1.29 is 0 Å². The van der Waals surface area contributed by atoms with Crippen molar-refractivity contribution in [3.05, 3.63) is 176 Å². The van der Waals surface area contributed by atoms with E-state index in [2.05, 4.69) is 114 Å². The summed E-state index contributed by atoms with van der Waals surface area (Å²) in [7, 11) is 0. The van der Waals surface area contributed by atoms with E-state index in [1.807, 2.05) is 54.7 Å². The number of fused-ring (bicyclic) bond motifs is 3. The van der Waals surface area contributed by atoms with E-state index in [0.29, 0.717) is 17.5 Å². The van der Waals surface area contributed by atoms with Gasteiger partial charge in [0.15, 0.2) is 17.5 Å². The van der Waals surface area contributed by atoms with Crippen LogP contribution in [-0.4, -0.2) is 24.9 Å². The predicted octanol–water partition coefficient (Wildman–Crippen LogP) is 11.0. The second-order valence-corrected chi connectivity index (χ2v) is 12.2. The molecule has 0 fully saturated rings. The molecule has 0 unspecified atom stereocenters. The highest BCUT2D eigenvalue weighted by atomic mass is 15.0. The Hall–Kier alpha value is -6.85. The summed E-state index contributed by atoms with van der Waals surface area (Å²) in [6.45, 7) is 0. The summed E-state index contributed by atoms with van der Waals surface area (Å²) in [4.78, 5) is 23.8. The molecule has 0 radical (unpaired) electrons. The van der Waals surface area contributed by atoms with Crippen LogP contribution in [0.3, 0.4) is 0 Å². The minimum absolute atomic E-state index is 0.639. The highest BCUT2D eigenvalue weighted by molar-refractivity contribution is 6.09. The van der Waals surface area contributed by atoms with Gasteiger partial charge in [-0.25, -0.2) is 15.0 Å². The first-order valence-electron chi connectivity index (χ1n) is 16.6. The molecule has 3 heterocycles. The van der Waals surface area contributed by atoms with Crippen molar-refractivity contribution in [1.82, 2.24) is 24.9 Å². The van der Waals surface area contributed by atoms with Gasteiger partial charge in [0.05, 0.1) is 5.69 Å². The van der Waals surface area contributed by atoms with Gasteiger partial charge in [-0.05, 0) is 68.6 Å². The molecule has 0 aliphatic carbocycles. The molecule has 0 atom stereocenters. The Morgan fingerprint density at radius 1 is 0.320 bits per heavy atom. The van der Waals surface area contributed by atoms with Crippen LogP contribution in [0.25, 0.3) is 89.2 Å². The van der Waals surface area contributed by atoms with Gasteiger partial charge in [0.1, 0.15) is 0 Å². The molecule has 6 aromatic carbocycles. The maximum atomic E-state index is 5.01. The molecular weight excluding hydrogens is 611 g/mol. The summed E-state index contributed by atoms with van der Waals surface area (Å²) >= 11 is 0. The van der Waals surface area contributed by atoms with E-state index in [-0.39, 0.29) is 0 Å². The lowest BCUT2D eigenvalue weighted by Crippen LogP contribution is -2.00. The molecule has 0 spiro atoms. The minimum atomic E-state index is 0.639. The number of pyridine rings is 2. The normalized spacial score (nSPS) is 11.2. The van der Waals surface area contributed by atoms with Crippen molar-refractivity contribution in [2.75, 3.05) is 0 Å². The number of nitrogens with zero attached hydrogens (tertiary/aromatic N) is 5. The Morgan fingerprint density at radius 2 is 0.780 bits per heavy atom. The summed E-state index contributed by atoms with van der Waals surface area (Å²) in [6.07, 6.45) is 5.52. The Labute approximate surface area is 289 Å². The van der Waals surface area contributed by atoms with Crippen LogP contribution in [0, 0.1) is 0 Å². The monoisotopic (exact) mass is 639 g/mol. The van der Waals surface area contributed by atoms with E-state index < -0.39 is 0 Å². The number of hydrogen-bond acceptors (Lipinski definition) is 5. The molecule has 0 bridgehead atoms. The zero-order valence-corrected chi connectivity index (χ0v) is 27.0. The van der Waals surface area contributed by atoms with Gasteiger partial charge in [-0.3, -0.25) is 9.97 Å². The molecule has 3 aromatic heterocycles. The molecule has 9 rings (SSSR count). The molecular formula is C45H29N5. The van der Waals surface area contributed by atoms with Crippen LogP contribution in [0.4, 0.5) is 0 Å². The van der Waals surface area contributed by atoms with Crippen LogP contribution >= 0.6 is 0 Å². The average Bonchev–Trinajstić information content (AvgIpc) is 3.21. The number of aromatic nitrogens is 5. The molecule has 50 heavy (non-hydrogen) atoms. The van der Waals surface area contributed by atoms with Crippen molar-refractivity contribution in [3.8, 4) is 67.7 Å². The largest absolute Gasteiger partial charge is 0.265 e. The van der Waals surface area contributed by atoms with Gasteiger partial charge in [0, 0.05) is 46.4 Å². The van der Waals surface area contributed by atoms with Crippen LogP contribution in [-0.2, 0) is 0 Å². The summed E-state index contributed by atoms with van der Waals surface area (Å²) in [6, 6.07) is 54.4. The van der Waals surface area contributed by atoms with E-state index in [4.69, 9.17) is 19.9 Å². The molecule has 0 saturated carbocycles. The van der Waals surface area contributed by atoms with E-state index in [9.17, 15) is 0 Å². The summed E-state index contributed by atoms with van der Waals surface area (Å²) in [5, 5.41) is 4.65. The standard InChI is InChI=1S/C45H29N5/c1-3-7-30(8-4-1)31-11-13-34(14-12-31)44-48-43(33-9-5-2-6-10-33)49-45(50-44)38-18-21-41-36(28-38)16-15-35-27-37(17-20-40(35)41)42-22-19-39(29-47-42)32-23-25-46-26-24-32/h1-29H. The predicted molar refractivity (Wildman–Crippen MR) is 203 cm³/mol. The van der Waals surface area contributed by atoms with Gasteiger partial charge >= 0.3 is 0 Å². The molecule has 5 heteroatoms. The quantitative estimate of drug-likeness (QED) is 0.169. The zero-order chi connectivity index (χ0) is 33.3. The second kappa shape index (κ2) is 12.6. The Kier molecular flexibility index (Phi) is 7.41. The maximum absolute atomic E-state index is 5.01. The maximum Gasteiger partial charge on any atom is 0.164 e. The Bertz CT molecular complexity index is 2600. The van der Waals surface area contributed by atoms with Gasteiger partial charge in [0.25, 0.3) is 0 Å². The third kappa shape index (κ3) is 5.67. The zero-order valence-electron chi connectivity index (χ0n) is 27.0. The first-order valence-corrected chi connectivity index (χ1v) is 16.6. The molecule has 234 valence electrons.